The monoisotopic (exact) mass is 208 g/mol. The van der Waals surface area contributed by atoms with Crippen molar-refractivity contribution < 1.29 is 9.18 Å². The Hall–Kier alpha value is -1.45. The summed E-state index contributed by atoms with van der Waals surface area (Å²) in [6, 6.07) is 4.37. The van der Waals surface area contributed by atoms with E-state index >= 15 is 0 Å². The average Bonchev–Trinajstić information content (AvgIpc) is 2.11. The SMILES string of the molecule is O=C(CC1CCC1)Nc1cccc(F)n1. The van der Waals surface area contributed by atoms with Gasteiger partial charge in [0.1, 0.15) is 5.82 Å². The standard InChI is InChI=1S/C11H13FN2O/c12-9-5-2-6-10(13-9)14-11(15)7-8-3-1-4-8/h2,5-6,8H,1,3-4,7H2,(H,13,14,15). The van der Waals surface area contributed by atoms with E-state index in [4.69, 9.17) is 0 Å². The lowest BCUT2D eigenvalue weighted by Crippen LogP contribution is -2.21. The van der Waals surface area contributed by atoms with Crippen LogP contribution in [0.5, 0.6) is 0 Å². The lowest BCUT2D eigenvalue weighted by molar-refractivity contribution is -0.117. The van der Waals surface area contributed by atoms with Gasteiger partial charge < -0.3 is 5.32 Å². The van der Waals surface area contributed by atoms with Crippen LogP contribution in [0.4, 0.5) is 10.2 Å². The predicted octanol–water partition coefficient (Wildman–Crippen LogP) is 2.35. The van der Waals surface area contributed by atoms with E-state index in [1.807, 2.05) is 0 Å². The number of nitrogens with one attached hydrogen (secondary N) is 1. The Morgan fingerprint density at radius 3 is 2.93 bits per heavy atom. The molecule has 15 heavy (non-hydrogen) atoms. The lowest BCUT2D eigenvalue weighted by atomic mass is 9.83. The highest BCUT2D eigenvalue weighted by molar-refractivity contribution is 5.89. The molecule has 0 bridgehead atoms. The summed E-state index contributed by atoms with van der Waals surface area (Å²) < 4.78 is 12.7. The molecule has 0 atom stereocenters. The number of hydrogen-bond acceptors (Lipinski definition) is 2. The summed E-state index contributed by atoms with van der Waals surface area (Å²) in [5, 5.41) is 2.59. The highest BCUT2D eigenvalue weighted by Crippen LogP contribution is 2.29. The van der Waals surface area contributed by atoms with E-state index in [-0.39, 0.29) is 5.91 Å². The quantitative estimate of drug-likeness (QED) is 0.775. The summed E-state index contributed by atoms with van der Waals surface area (Å²) in [6.07, 6.45) is 4.00. The van der Waals surface area contributed by atoms with Crippen molar-refractivity contribution in [1.29, 1.82) is 0 Å². The molecule has 3 nitrogen and oxygen atoms in total. The molecule has 2 rings (SSSR count). The van der Waals surface area contributed by atoms with E-state index in [0.29, 0.717) is 18.2 Å². The number of aromatic nitrogens is 1. The summed E-state index contributed by atoms with van der Waals surface area (Å²) in [4.78, 5) is 15.0. The van der Waals surface area contributed by atoms with E-state index in [1.165, 1.54) is 18.6 Å². The van der Waals surface area contributed by atoms with Gasteiger partial charge in [0.05, 0.1) is 0 Å². The fraction of sp³-hybridized carbons (Fsp3) is 0.455. The molecule has 0 spiro atoms. The van der Waals surface area contributed by atoms with Crippen LogP contribution >= 0.6 is 0 Å². The second kappa shape index (κ2) is 4.38. The van der Waals surface area contributed by atoms with Crippen LogP contribution in [0.3, 0.4) is 0 Å². The third kappa shape index (κ3) is 2.75. The summed E-state index contributed by atoms with van der Waals surface area (Å²) in [6.45, 7) is 0. The second-order valence-corrected chi connectivity index (χ2v) is 3.89. The van der Waals surface area contributed by atoms with Crippen molar-refractivity contribution in [2.24, 2.45) is 5.92 Å². The topological polar surface area (TPSA) is 42.0 Å². The summed E-state index contributed by atoms with van der Waals surface area (Å²) >= 11 is 0. The van der Waals surface area contributed by atoms with Crippen LogP contribution in [0.1, 0.15) is 25.7 Å². The van der Waals surface area contributed by atoms with Crippen LogP contribution in [-0.2, 0) is 4.79 Å². The Bertz CT molecular complexity index is 363. The molecule has 80 valence electrons. The molecule has 1 aromatic rings. The first-order valence-corrected chi connectivity index (χ1v) is 5.16. The zero-order valence-corrected chi connectivity index (χ0v) is 8.37. The largest absolute Gasteiger partial charge is 0.311 e. The van der Waals surface area contributed by atoms with Crippen molar-refractivity contribution in [2.45, 2.75) is 25.7 Å². The molecule has 1 N–H and O–H groups in total. The zero-order valence-electron chi connectivity index (χ0n) is 8.37. The molecule has 0 radical (unpaired) electrons. The number of carbonyl (C=O) groups is 1. The molecule has 0 saturated heterocycles. The minimum atomic E-state index is -0.573. The summed E-state index contributed by atoms with van der Waals surface area (Å²) in [7, 11) is 0. The number of pyridine rings is 1. The van der Waals surface area contributed by atoms with Gasteiger partial charge >= 0.3 is 0 Å². The second-order valence-electron chi connectivity index (χ2n) is 3.89. The number of carbonyl (C=O) groups excluding carboxylic acids is 1. The maximum Gasteiger partial charge on any atom is 0.225 e. The molecule has 1 aromatic heterocycles. The first-order chi connectivity index (χ1) is 7.24. The maximum atomic E-state index is 12.7. The van der Waals surface area contributed by atoms with Gasteiger partial charge in [0.15, 0.2) is 0 Å². The van der Waals surface area contributed by atoms with Gasteiger partial charge in [0.25, 0.3) is 0 Å². The number of amides is 1. The minimum absolute atomic E-state index is 0.0715. The average molecular weight is 208 g/mol. The van der Waals surface area contributed by atoms with E-state index in [0.717, 1.165) is 12.8 Å². The van der Waals surface area contributed by atoms with E-state index in [1.54, 1.807) is 6.07 Å². The molecule has 1 heterocycles. The van der Waals surface area contributed by atoms with Gasteiger partial charge in [-0.15, -0.1) is 0 Å². The Morgan fingerprint density at radius 1 is 1.53 bits per heavy atom. The fourth-order valence-electron chi connectivity index (χ4n) is 1.63. The minimum Gasteiger partial charge on any atom is -0.311 e. The normalized spacial score (nSPS) is 15.8. The predicted molar refractivity (Wildman–Crippen MR) is 54.8 cm³/mol. The molecular weight excluding hydrogens is 195 g/mol. The van der Waals surface area contributed by atoms with Gasteiger partial charge in [-0.1, -0.05) is 12.5 Å². The van der Waals surface area contributed by atoms with Gasteiger partial charge in [-0.25, -0.2) is 4.98 Å². The van der Waals surface area contributed by atoms with Crippen LogP contribution < -0.4 is 5.32 Å². The van der Waals surface area contributed by atoms with Crippen LogP contribution in [0.2, 0.25) is 0 Å². The number of rotatable bonds is 3. The Kier molecular flexibility index (Phi) is 2.94. The molecule has 0 aromatic carbocycles. The molecule has 1 amide bonds. The molecule has 1 aliphatic carbocycles. The molecule has 1 fully saturated rings. The lowest BCUT2D eigenvalue weighted by Gasteiger charge is -2.24. The van der Waals surface area contributed by atoms with E-state index < -0.39 is 5.95 Å². The van der Waals surface area contributed by atoms with Crippen molar-refractivity contribution in [3.8, 4) is 0 Å². The van der Waals surface area contributed by atoms with Crippen LogP contribution in [0.15, 0.2) is 18.2 Å². The number of halogens is 1. The number of hydrogen-bond donors (Lipinski definition) is 1. The Morgan fingerprint density at radius 2 is 2.33 bits per heavy atom. The van der Waals surface area contributed by atoms with Crippen molar-refractivity contribution in [2.75, 3.05) is 5.32 Å². The Balaban J connectivity index is 1.87. The summed E-state index contributed by atoms with van der Waals surface area (Å²) in [5.74, 6) is 0.159. The van der Waals surface area contributed by atoms with Crippen LogP contribution in [0.25, 0.3) is 0 Å². The molecule has 1 aliphatic rings. The van der Waals surface area contributed by atoms with Crippen molar-refractivity contribution >= 4 is 11.7 Å². The van der Waals surface area contributed by atoms with E-state index in [2.05, 4.69) is 10.3 Å². The maximum absolute atomic E-state index is 12.7. The van der Waals surface area contributed by atoms with Gasteiger partial charge in [0, 0.05) is 6.42 Å². The highest BCUT2D eigenvalue weighted by atomic mass is 19.1. The molecular formula is C11H13FN2O. The Labute approximate surface area is 87.7 Å². The van der Waals surface area contributed by atoms with Crippen molar-refractivity contribution in [1.82, 2.24) is 4.98 Å². The molecule has 4 heteroatoms. The molecule has 1 saturated carbocycles. The molecule has 0 aliphatic heterocycles. The third-order valence-corrected chi connectivity index (χ3v) is 2.68. The van der Waals surface area contributed by atoms with Crippen molar-refractivity contribution in [3.05, 3.63) is 24.1 Å². The number of anilines is 1. The molecule has 0 unspecified atom stereocenters. The van der Waals surface area contributed by atoms with Gasteiger partial charge in [0.2, 0.25) is 11.9 Å². The smallest absolute Gasteiger partial charge is 0.225 e. The van der Waals surface area contributed by atoms with Crippen LogP contribution in [-0.4, -0.2) is 10.9 Å². The fourth-order valence-corrected chi connectivity index (χ4v) is 1.63. The van der Waals surface area contributed by atoms with Gasteiger partial charge in [-0.2, -0.15) is 4.39 Å². The highest BCUT2D eigenvalue weighted by Gasteiger charge is 2.20. The third-order valence-electron chi connectivity index (χ3n) is 2.68. The van der Waals surface area contributed by atoms with Gasteiger partial charge in [-0.05, 0) is 30.9 Å². The first kappa shape index (κ1) is 10.1. The van der Waals surface area contributed by atoms with Crippen LogP contribution in [0, 0.1) is 11.9 Å². The zero-order chi connectivity index (χ0) is 10.7. The first-order valence-electron chi connectivity index (χ1n) is 5.16. The number of nitrogens with zero attached hydrogens (tertiary/aromatic N) is 1. The summed E-state index contributed by atoms with van der Waals surface area (Å²) in [5.41, 5.74) is 0. The van der Waals surface area contributed by atoms with E-state index in [9.17, 15) is 9.18 Å². The van der Waals surface area contributed by atoms with Crippen molar-refractivity contribution in [3.63, 3.8) is 0 Å². The van der Waals surface area contributed by atoms with Gasteiger partial charge in [-0.3, -0.25) is 4.79 Å².